The topological polar surface area (TPSA) is 86.8 Å². The standard InChI is InChI=1S/C25H32BrN3O4/c1-4-16(2)27-23(31)17(3)29(15-18-9-11-19(26)12-10-18)22(30)13-14-28-24(32)20-7-5-6-8-21(20)25(28)33/h5-6,9-12,16-17,20-21H,4,7-8,13-15H2,1-3H3,(H,27,31)/t16?,17?,20-,21+. The third-order valence-corrected chi connectivity index (χ3v) is 7.11. The lowest BCUT2D eigenvalue weighted by Gasteiger charge is -2.30. The molecule has 8 heteroatoms. The summed E-state index contributed by atoms with van der Waals surface area (Å²) in [5.74, 6) is -1.49. The van der Waals surface area contributed by atoms with Crippen LogP contribution in [-0.4, -0.2) is 52.1 Å². The monoisotopic (exact) mass is 517 g/mol. The van der Waals surface area contributed by atoms with Gasteiger partial charge in [-0.15, -0.1) is 0 Å². The van der Waals surface area contributed by atoms with Gasteiger partial charge in [0, 0.05) is 30.0 Å². The van der Waals surface area contributed by atoms with Crippen molar-refractivity contribution < 1.29 is 19.2 Å². The van der Waals surface area contributed by atoms with Crippen LogP contribution in [0.25, 0.3) is 0 Å². The van der Waals surface area contributed by atoms with Crippen LogP contribution in [0.3, 0.4) is 0 Å². The van der Waals surface area contributed by atoms with Crippen LogP contribution in [0.1, 0.15) is 52.0 Å². The number of allylic oxidation sites excluding steroid dienone is 2. The first-order valence-corrected chi connectivity index (χ1v) is 12.4. The Bertz CT molecular complexity index is 904. The second kappa shape index (κ2) is 11.1. The van der Waals surface area contributed by atoms with Crippen LogP contribution in [-0.2, 0) is 25.7 Å². The van der Waals surface area contributed by atoms with Crippen molar-refractivity contribution in [3.05, 3.63) is 46.5 Å². The molecule has 0 bridgehead atoms. The van der Waals surface area contributed by atoms with Gasteiger partial charge in [0.25, 0.3) is 0 Å². The van der Waals surface area contributed by atoms with Crippen LogP contribution in [0.15, 0.2) is 40.9 Å². The zero-order chi connectivity index (χ0) is 24.1. The Kier molecular flexibility index (Phi) is 8.46. The lowest BCUT2D eigenvalue weighted by atomic mass is 9.85. The Labute approximate surface area is 203 Å². The number of amides is 4. The summed E-state index contributed by atoms with van der Waals surface area (Å²) < 4.78 is 0.925. The molecule has 1 aromatic rings. The number of likely N-dealkylation sites (tertiary alicyclic amines) is 1. The van der Waals surface area contributed by atoms with E-state index in [1.165, 1.54) is 9.80 Å². The van der Waals surface area contributed by atoms with E-state index >= 15 is 0 Å². The summed E-state index contributed by atoms with van der Waals surface area (Å²) >= 11 is 3.41. The molecule has 2 aliphatic rings. The van der Waals surface area contributed by atoms with E-state index < -0.39 is 6.04 Å². The van der Waals surface area contributed by atoms with Gasteiger partial charge in [-0.2, -0.15) is 0 Å². The molecule has 3 rings (SSSR count). The molecule has 1 heterocycles. The lowest BCUT2D eigenvalue weighted by Crippen LogP contribution is -2.50. The zero-order valence-electron chi connectivity index (χ0n) is 19.4. The van der Waals surface area contributed by atoms with Crippen molar-refractivity contribution >= 4 is 39.6 Å². The normalized spacial score (nSPS) is 21.5. The summed E-state index contributed by atoms with van der Waals surface area (Å²) in [4.78, 5) is 54.3. The maximum atomic E-state index is 13.3. The fourth-order valence-corrected chi connectivity index (χ4v) is 4.54. The molecule has 7 nitrogen and oxygen atoms in total. The molecule has 0 saturated carbocycles. The number of carbonyl (C=O) groups excluding carboxylic acids is 4. The van der Waals surface area contributed by atoms with Gasteiger partial charge in [0.05, 0.1) is 11.8 Å². The average molecular weight is 518 g/mol. The minimum absolute atomic E-state index is 0.00128. The number of hydrogen-bond donors (Lipinski definition) is 1. The van der Waals surface area contributed by atoms with Crippen molar-refractivity contribution in [3.8, 4) is 0 Å². The minimum atomic E-state index is -0.688. The van der Waals surface area contributed by atoms with E-state index in [-0.39, 0.29) is 61.0 Å². The molecule has 1 aromatic carbocycles. The smallest absolute Gasteiger partial charge is 0.242 e. The second-order valence-corrected chi connectivity index (χ2v) is 9.79. The highest BCUT2D eigenvalue weighted by molar-refractivity contribution is 9.10. The Balaban J connectivity index is 1.71. The predicted octanol–water partition coefficient (Wildman–Crippen LogP) is 3.42. The lowest BCUT2D eigenvalue weighted by molar-refractivity contribution is -0.143. The first kappa shape index (κ1) is 25.1. The Hall–Kier alpha value is -2.48. The number of halogens is 1. The highest BCUT2D eigenvalue weighted by Crippen LogP contribution is 2.35. The molecule has 1 fully saturated rings. The molecule has 33 heavy (non-hydrogen) atoms. The van der Waals surface area contributed by atoms with Crippen molar-refractivity contribution in [3.63, 3.8) is 0 Å². The molecule has 1 N–H and O–H groups in total. The number of fused-ring (bicyclic) bond motifs is 1. The third kappa shape index (κ3) is 5.91. The van der Waals surface area contributed by atoms with E-state index in [9.17, 15) is 19.2 Å². The SMILES string of the molecule is CCC(C)NC(=O)C(C)N(Cc1ccc(Br)cc1)C(=O)CCN1C(=O)[C@H]2CC=CC[C@H]2C1=O. The van der Waals surface area contributed by atoms with Gasteiger partial charge in [0.2, 0.25) is 23.6 Å². The first-order valence-electron chi connectivity index (χ1n) is 11.6. The molecule has 2 unspecified atom stereocenters. The molecule has 0 aromatic heterocycles. The van der Waals surface area contributed by atoms with Gasteiger partial charge >= 0.3 is 0 Å². The Morgan fingerprint density at radius 2 is 1.67 bits per heavy atom. The van der Waals surface area contributed by atoms with Crippen molar-refractivity contribution in [1.29, 1.82) is 0 Å². The van der Waals surface area contributed by atoms with Crippen LogP contribution in [0.2, 0.25) is 0 Å². The molecular weight excluding hydrogens is 486 g/mol. The van der Waals surface area contributed by atoms with Gasteiger partial charge in [-0.3, -0.25) is 24.1 Å². The number of hydrogen-bond acceptors (Lipinski definition) is 4. The van der Waals surface area contributed by atoms with E-state index in [0.717, 1.165) is 16.5 Å². The summed E-state index contributed by atoms with van der Waals surface area (Å²) in [7, 11) is 0. The van der Waals surface area contributed by atoms with Gasteiger partial charge < -0.3 is 10.2 Å². The fraction of sp³-hybridized carbons (Fsp3) is 0.520. The van der Waals surface area contributed by atoms with E-state index in [0.29, 0.717) is 12.8 Å². The molecule has 0 radical (unpaired) electrons. The highest BCUT2D eigenvalue weighted by atomic mass is 79.9. The number of nitrogens with one attached hydrogen (secondary N) is 1. The van der Waals surface area contributed by atoms with E-state index in [1.54, 1.807) is 6.92 Å². The maximum Gasteiger partial charge on any atom is 0.242 e. The van der Waals surface area contributed by atoms with Crippen LogP contribution >= 0.6 is 15.9 Å². The van der Waals surface area contributed by atoms with Crippen LogP contribution in [0, 0.1) is 11.8 Å². The molecule has 0 spiro atoms. The highest BCUT2D eigenvalue weighted by Gasteiger charge is 2.47. The zero-order valence-corrected chi connectivity index (χ0v) is 21.0. The van der Waals surface area contributed by atoms with E-state index in [1.807, 2.05) is 50.3 Å². The predicted molar refractivity (Wildman–Crippen MR) is 129 cm³/mol. The largest absolute Gasteiger partial charge is 0.352 e. The summed E-state index contributed by atoms with van der Waals surface area (Å²) in [6.45, 7) is 5.92. The van der Waals surface area contributed by atoms with Crippen LogP contribution in [0.4, 0.5) is 0 Å². The Morgan fingerprint density at radius 3 is 2.21 bits per heavy atom. The number of imide groups is 1. The molecular formula is C25H32BrN3O4. The van der Waals surface area contributed by atoms with Gasteiger partial charge in [-0.1, -0.05) is 47.1 Å². The summed E-state index contributed by atoms with van der Waals surface area (Å²) in [6, 6.07) is 6.88. The van der Waals surface area contributed by atoms with Gasteiger partial charge in [0.1, 0.15) is 6.04 Å². The van der Waals surface area contributed by atoms with Gasteiger partial charge in [-0.05, 0) is 50.8 Å². The number of rotatable bonds is 9. The quantitative estimate of drug-likeness (QED) is 0.401. The molecule has 4 amide bonds. The second-order valence-electron chi connectivity index (χ2n) is 8.88. The van der Waals surface area contributed by atoms with Crippen LogP contribution in [0.5, 0.6) is 0 Å². The van der Waals surface area contributed by atoms with Crippen molar-refractivity contribution in [2.24, 2.45) is 11.8 Å². The molecule has 1 saturated heterocycles. The Morgan fingerprint density at radius 1 is 1.09 bits per heavy atom. The summed E-state index contributed by atoms with van der Waals surface area (Å²) in [6.07, 6.45) is 5.80. The number of carbonyl (C=O) groups is 4. The van der Waals surface area contributed by atoms with Crippen molar-refractivity contribution in [2.45, 2.75) is 65.1 Å². The number of benzene rings is 1. The van der Waals surface area contributed by atoms with Gasteiger partial charge in [-0.25, -0.2) is 0 Å². The molecule has 1 aliphatic carbocycles. The van der Waals surface area contributed by atoms with E-state index in [2.05, 4.69) is 21.2 Å². The third-order valence-electron chi connectivity index (χ3n) is 6.58. The molecule has 4 atom stereocenters. The summed E-state index contributed by atoms with van der Waals surface area (Å²) in [5.41, 5.74) is 0.889. The van der Waals surface area contributed by atoms with Crippen molar-refractivity contribution in [1.82, 2.24) is 15.1 Å². The summed E-state index contributed by atoms with van der Waals surface area (Å²) in [5, 5.41) is 2.94. The average Bonchev–Trinajstić information content (AvgIpc) is 3.06. The van der Waals surface area contributed by atoms with Crippen molar-refractivity contribution in [2.75, 3.05) is 6.54 Å². The fourth-order valence-electron chi connectivity index (χ4n) is 4.28. The molecule has 178 valence electrons. The molecule has 1 aliphatic heterocycles. The number of nitrogens with zero attached hydrogens (tertiary/aromatic N) is 2. The van der Waals surface area contributed by atoms with Gasteiger partial charge in [0.15, 0.2) is 0 Å². The minimum Gasteiger partial charge on any atom is -0.352 e. The first-order chi connectivity index (χ1) is 15.7. The van der Waals surface area contributed by atoms with Crippen LogP contribution < -0.4 is 5.32 Å². The van der Waals surface area contributed by atoms with E-state index in [4.69, 9.17) is 0 Å². The maximum absolute atomic E-state index is 13.3.